The molecular weight excluding hydrogens is 388 g/mol. The van der Waals surface area contributed by atoms with Crippen LogP contribution in [0.15, 0.2) is 60.7 Å². The van der Waals surface area contributed by atoms with Crippen molar-refractivity contribution < 1.29 is 14.3 Å². The topological polar surface area (TPSA) is 49.9 Å². The Kier molecular flexibility index (Phi) is 7.70. The highest BCUT2D eigenvalue weighted by atomic mass is 35.5. The van der Waals surface area contributed by atoms with E-state index in [9.17, 15) is 9.59 Å². The Morgan fingerprint density at radius 3 is 2.31 bits per heavy atom. The van der Waals surface area contributed by atoms with E-state index in [1.165, 1.54) is 0 Å². The third-order valence-corrected chi connectivity index (χ3v) is 5.10. The highest BCUT2D eigenvalue weighted by Crippen LogP contribution is 2.23. The molecule has 1 saturated heterocycles. The molecule has 1 aliphatic rings. The Labute approximate surface area is 176 Å². The number of carbonyl (C=O) groups excluding carboxylic acids is 2. The largest absolute Gasteiger partial charge is 0.492 e. The van der Waals surface area contributed by atoms with Crippen molar-refractivity contribution in [1.29, 1.82) is 0 Å². The third kappa shape index (κ3) is 6.36. The maximum absolute atomic E-state index is 12.4. The molecule has 152 valence electrons. The first kappa shape index (κ1) is 20.9. The molecule has 5 nitrogen and oxygen atoms in total. The maximum atomic E-state index is 12.4. The summed E-state index contributed by atoms with van der Waals surface area (Å²) in [6, 6.07) is 17.0. The van der Waals surface area contributed by atoms with E-state index in [4.69, 9.17) is 16.3 Å². The van der Waals surface area contributed by atoms with Gasteiger partial charge in [0.2, 0.25) is 11.8 Å². The number of benzene rings is 2. The van der Waals surface area contributed by atoms with Gasteiger partial charge in [0.05, 0.1) is 11.6 Å². The van der Waals surface area contributed by atoms with Crippen LogP contribution in [0.1, 0.15) is 18.4 Å². The number of hydrogen-bond acceptors (Lipinski definition) is 3. The summed E-state index contributed by atoms with van der Waals surface area (Å²) in [5.74, 6) is 0.714. The fourth-order valence-corrected chi connectivity index (χ4v) is 3.33. The van der Waals surface area contributed by atoms with E-state index in [1.807, 2.05) is 59.5 Å². The van der Waals surface area contributed by atoms with Gasteiger partial charge in [0, 0.05) is 38.7 Å². The Balaban J connectivity index is 1.36. The van der Waals surface area contributed by atoms with Gasteiger partial charge in [0.25, 0.3) is 0 Å². The molecule has 1 fully saturated rings. The van der Waals surface area contributed by atoms with E-state index in [0.29, 0.717) is 56.4 Å². The zero-order valence-electron chi connectivity index (χ0n) is 16.3. The number of piperazine rings is 1. The number of rotatable bonds is 7. The van der Waals surface area contributed by atoms with Crippen LogP contribution in [-0.2, 0) is 9.59 Å². The fraction of sp³-hybridized carbons (Fsp3) is 0.304. The quantitative estimate of drug-likeness (QED) is 0.512. The molecule has 2 aromatic rings. The Bertz CT molecular complexity index is 846. The molecule has 0 unspecified atom stereocenters. The summed E-state index contributed by atoms with van der Waals surface area (Å²) in [4.78, 5) is 28.3. The zero-order chi connectivity index (χ0) is 20.5. The minimum atomic E-state index is -0.0194. The van der Waals surface area contributed by atoms with Gasteiger partial charge in [-0.05, 0) is 30.2 Å². The summed E-state index contributed by atoms with van der Waals surface area (Å²) in [5, 5.41) is 0.570. The molecule has 0 N–H and O–H groups in total. The summed E-state index contributed by atoms with van der Waals surface area (Å²) in [7, 11) is 0. The number of amides is 2. The van der Waals surface area contributed by atoms with Gasteiger partial charge in [-0.1, -0.05) is 54.1 Å². The van der Waals surface area contributed by atoms with Gasteiger partial charge in [-0.2, -0.15) is 0 Å². The minimum absolute atomic E-state index is 0.0194. The van der Waals surface area contributed by atoms with Gasteiger partial charge in [-0.25, -0.2) is 0 Å². The van der Waals surface area contributed by atoms with Crippen LogP contribution >= 0.6 is 11.6 Å². The molecule has 0 aliphatic carbocycles. The molecule has 3 rings (SSSR count). The molecule has 2 aromatic carbocycles. The average molecular weight is 413 g/mol. The van der Waals surface area contributed by atoms with Crippen molar-refractivity contribution in [3.63, 3.8) is 0 Å². The van der Waals surface area contributed by atoms with E-state index in [0.717, 1.165) is 5.56 Å². The molecule has 6 heteroatoms. The summed E-state index contributed by atoms with van der Waals surface area (Å²) in [6.45, 7) is 2.68. The number of nitrogens with zero attached hydrogens (tertiary/aromatic N) is 2. The van der Waals surface area contributed by atoms with E-state index >= 15 is 0 Å². The van der Waals surface area contributed by atoms with E-state index in [-0.39, 0.29) is 11.8 Å². The highest BCUT2D eigenvalue weighted by molar-refractivity contribution is 6.32. The van der Waals surface area contributed by atoms with Gasteiger partial charge in [-0.3, -0.25) is 9.59 Å². The van der Waals surface area contributed by atoms with Gasteiger partial charge in [0.1, 0.15) is 5.75 Å². The van der Waals surface area contributed by atoms with E-state index < -0.39 is 0 Å². The molecule has 1 aliphatic heterocycles. The molecule has 0 saturated carbocycles. The number of halogens is 1. The second-order valence-electron chi connectivity index (χ2n) is 6.83. The molecule has 0 aromatic heterocycles. The fourth-order valence-electron chi connectivity index (χ4n) is 3.14. The molecular formula is C23H25ClN2O3. The lowest BCUT2D eigenvalue weighted by Crippen LogP contribution is -2.50. The monoisotopic (exact) mass is 412 g/mol. The summed E-state index contributed by atoms with van der Waals surface area (Å²) >= 11 is 6.05. The summed E-state index contributed by atoms with van der Waals surface area (Å²) in [5.41, 5.74) is 0.994. The molecule has 0 atom stereocenters. The predicted molar refractivity (Wildman–Crippen MR) is 115 cm³/mol. The standard InChI is InChI=1S/C23H25ClN2O3/c24-20-9-4-5-10-21(20)29-18-6-11-22(27)25-14-16-26(17-15-25)23(28)13-12-19-7-2-1-3-8-19/h1-5,7-10,12-13H,6,11,14-18H2/b13-12+. The molecule has 0 spiro atoms. The van der Waals surface area contributed by atoms with Crippen molar-refractivity contribution in [1.82, 2.24) is 9.80 Å². The Morgan fingerprint density at radius 1 is 0.931 bits per heavy atom. The van der Waals surface area contributed by atoms with Crippen LogP contribution in [0.5, 0.6) is 5.75 Å². The molecule has 0 radical (unpaired) electrons. The van der Waals surface area contributed by atoms with Crippen molar-refractivity contribution in [3.8, 4) is 5.75 Å². The van der Waals surface area contributed by atoms with Crippen molar-refractivity contribution in [2.45, 2.75) is 12.8 Å². The van der Waals surface area contributed by atoms with Crippen molar-refractivity contribution in [2.75, 3.05) is 32.8 Å². The number of para-hydroxylation sites is 1. The van der Waals surface area contributed by atoms with Gasteiger partial charge >= 0.3 is 0 Å². The van der Waals surface area contributed by atoms with Crippen molar-refractivity contribution >= 4 is 29.5 Å². The van der Waals surface area contributed by atoms with Crippen molar-refractivity contribution in [2.24, 2.45) is 0 Å². The predicted octanol–water partition coefficient (Wildman–Crippen LogP) is 3.88. The first-order valence-electron chi connectivity index (χ1n) is 9.80. The number of ether oxygens (including phenoxy) is 1. The Morgan fingerprint density at radius 2 is 1.59 bits per heavy atom. The van der Waals surface area contributed by atoms with Gasteiger partial charge in [-0.15, -0.1) is 0 Å². The normalized spacial score (nSPS) is 14.2. The molecule has 0 bridgehead atoms. The van der Waals surface area contributed by atoms with Crippen LogP contribution in [0, 0.1) is 0 Å². The third-order valence-electron chi connectivity index (χ3n) is 4.79. The number of hydrogen-bond donors (Lipinski definition) is 0. The second kappa shape index (κ2) is 10.7. The van der Waals surface area contributed by atoms with Crippen LogP contribution in [0.25, 0.3) is 6.08 Å². The molecule has 2 amide bonds. The van der Waals surface area contributed by atoms with Gasteiger partial charge < -0.3 is 14.5 Å². The second-order valence-corrected chi connectivity index (χ2v) is 7.24. The average Bonchev–Trinajstić information content (AvgIpc) is 2.77. The zero-order valence-corrected chi connectivity index (χ0v) is 17.1. The minimum Gasteiger partial charge on any atom is -0.492 e. The summed E-state index contributed by atoms with van der Waals surface area (Å²) < 4.78 is 5.62. The number of carbonyl (C=O) groups is 2. The first-order valence-corrected chi connectivity index (χ1v) is 10.2. The van der Waals surface area contributed by atoms with Crippen LogP contribution in [-0.4, -0.2) is 54.4 Å². The van der Waals surface area contributed by atoms with E-state index in [1.54, 1.807) is 17.0 Å². The maximum Gasteiger partial charge on any atom is 0.246 e. The van der Waals surface area contributed by atoms with Gasteiger partial charge in [0.15, 0.2) is 0 Å². The van der Waals surface area contributed by atoms with Crippen LogP contribution in [0.4, 0.5) is 0 Å². The summed E-state index contributed by atoms with van der Waals surface area (Å²) in [6.07, 6.45) is 4.47. The van der Waals surface area contributed by atoms with Crippen LogP contribution < -0.4 is 4.74 Å². The van der Waals surface area contributed by atoms with Crippen LogP contribution in [0.2, 0.25) is 5.02 Å². The lowest BCUT2D eigenvalue weighted by molar-refractivity contribution is -0.137. The SMILES string of the molecule is O=C(/C=C/c1ccccc1)N1CCN(C(=O)CCCOc2ccccc2Cl)CC1. The molecule has 1 heterocycles. The lowest BCUT2D eigenvalue weighted by atomic mass is 10.2. The first-order chi connectivity index (χ1) is 14.1. The Hall–Kier alpha value is -2.79. The lowest BCUT2D eigenvalue weighted by Gasteiger charge is -2.34. The van der Waals surface area contributed by atoms with E-state index in [2.05, 4.69) is 0 Å². The van der Waals surface area contributed by atoms with Crippen molar-refractivity contribution in [3.05, 3.63) is 71.3 Å². The molecule has 29 heavy (non-hydrogen) atoms. The van der Waals surface area contributed by atoms with Crippen LogP contribution in [0.3, 0.4) is 0 Å². The highest BCUT2D eigenvalue weighted by Gasteiger charge is 2.22. The smallest absolute Gasteiger partial charge is 0.246 e.